The molecule has 4 nitrogen and oxygen atoms in total. The first-order chi connectivity index (χ1) is 9.61. The van der Waals surface area contributed by atoms with E-state index in [1.807, 2.05) is 37.5 Å². The molecular formula is C15H15ClN2O2. The van der Waals surface area contributed by atoms with Crippen LogP contribution in [0.1, 0.15) is 23.0 Å². The third-order valence-electron chi connectivity index (χ3n) is 3.89. The summed E-state index contributed by atoms with van der Waals surface area (Å²) in [7, 11) is 1.85. The second-order valence-electron chi connectivity index (χ2n) is 5.20. The first-order valence-electron chi connectivity index (χ1n) is 6.49. The quantitative estimate of drug-likeness (QED) is 0.938. The molecule has 20 heavy (non-hydrogen) atoms. The number of aliphatic hydroxyl groups is 1. The second-order valence-corrected chi connectivity index (χ2v) is 5.64. The minimum atomic E-state index is -0.418. The first kappa shape index (κ1) is 13.3. The molecule has 2 aromatic rings. The molecule has 1 fully saturated rings. The zero-order valence-electron chi connectivity index (χ0n) is 11.0. The molecule has 3 atom stereocenters. The van der Waals surface area contributed by atoms with Crippen LogP contribution in [0.4, 0.5) is 0 Å². The van der Waals surface area contributed by atoms with Crippen LogP contribution in [0.2, 0.25) is 5.02 Å². The van der Waals surface area contributed by atoms with Crippen LogP contribution < -0.4 is 0 Å². The van der Waals surface area contributed by atoms with Gasteiger partial charge in [-0.2, -0.15) is 5.10 Å². The highest BCUT2D eigenvalue weighted by Gasteiger charge is 2.55. The van der Waals surface area contributed by atoms with Crippen LogP contribution in [0.5, 0.6) is 0 Å². The van der Waals surface area contributed by atoms with Crippen LogP contribution in [0.15, 0.2) is 36.7 Å². The molecule has 0 bridgehead atoms. The van der Waals surface area contributed by atoms with Crippen LogP contribution in [0, 0.1) is 5.92 Å². The molecule has 0 amide bonds. The lowest BCUT2D eigenvalue weighted by Crippen LogP contribution is -2.08. The predicted octanol–water partition coefficient (Wildman–Crippen LogP) is 2.13. The molecule has 1 heterocycles. The molecule has 1 N–H and O–H groups in total. The van der Waals surface area contributed by atoms with Crippen molar-refractivity contribution in [1.29, 1.82) is 0 Å². The van der Waals surface area contributed by atoms with Gasteiger partial charge in [0.25, 0.3) is 0 Å². The number of Topliss-reactive ketones (excluding diaryl/α,β-unsaturated/α-hetero) is 1. The highest BCUT2D eigenvalue weighted by molar-refractivity contribution is 6.30. The van der Waals surface area contributed by atoms with Crippen LogP contribution in [-0.4, -0.2) is 27.3 Å². The Hall–Kier alpha value is -1.65. The van der Waals surface area contributed by atoms with Crippen molar-refractivity contribution in [2.45, 2.75) is 11.8 Å². The Balaban J connectivity index is 1.94. The van der Waals surface area contributed by atoms with Gasteiger partial charge in [-0.25, -0.2) is 0 Å². The maximum Gasteiger partial charge on any atom is 0.162 e. The molecule has 104 valence electrons. The maximum atomic E-state index is 11.9. The maximum absolute atomic E-state index is 11.9. The summed E-state index contributed by atoms with van der Waals surface area (Å²) in [5.41, 5.74) is 2.07. The Bertz CT molecular complexity index is 653. The van der Waals surface area contributed by atoms with E-state index in [2.05, 4.69) is 5.10 Å². The average Bonchev–Trinajstić information content (AvgIpc) is 3.05. The third kappa shape index (κ3) is 2.25. The smallest absolute Gasteiger partial charge is 0.162 e. The Morgan fingerprint density at radius 2 is 2.15 bits per heavy atom. The highest BCUT2D eigenvalue weighted by atomic mass is 35.5. The summed E-state index contributed by atoms with van der Waals surface area (Å²) >= 11 is 6.02. The molecule has 0 saturated heterocycles. The summed E-state index contributed by atoms with van der Waals surface area (Å²) in [4.78, 5) is 11.9. The molecule has 0 spiro atoms. The number of aryl methyl sites for hydroxylation is 1. The topological polar surface area (TPSA) is 55.1 Å². The molecule has 1 aliphatic carbocycles. The van der Waals surface area contributed by atoms with E-state index < -0.39 is 6.61 Å². The molecule has 0 radical (unpaired) electrons. The van der Waals surface area contributed by atoms with Crippen LogP contribution >= 0.6 is 11.6 Å². The van der Waals surface area contributed by atoms with Gasteiger partial charge in [-0.3, -0.25) is 9.48 Å². The molecule has 1 aromatic heterocycles. The van der Waals surface area contributed by atoms with Gasteiger partial charge in [0.15, 0.2) is 5.78 Å². The standard InChI is InChI=1S/C15H15ClN2O2/c1-18-7-10(6-17-18)14-13(15(14)12(20)8-19)9-3-2-4-11(16)5-9/h2-7,13-15,19H,8H2,1H3/t13-,14-,15-/m1/s1. The zero-order valence-corrected chi connectivity index (χ0v) is 11.8. The Morgan fingerprint density at radius 1 is 1.40 bits per heavy atom. The summed E-state index contributed by atoms with van der Waals surface area (Å²) in [5.74, 6) is -0.133. The lowest BCUT2D eigenvalue weighted by Gasteiger charge is -2.00. The normalized spacial score (nSPS) is 24.6. The molecule has 0 aliphatic heterocycles. The number of hydrogen-bond acceptors (Lipinski definition) is 3. The van der Waals surface area contributed by atoms with Crippen molar-refractivity contribution >= 4 is 17.4 Å². The van der Waals surface area contributed by atoms with Gasteiger partial charge < -0.3 is 5.11 Å². The van der Waals surface area contributed by atoms with Gasteiger partial charge in [0.05, 0.1) is 6.20 Å². The van der Waals surface area contributed by atoms with E-state index in [1.165, 1.54) is 0 Å². The van der Waals surface area contributed by atoms with Crippen molar-refractivity contribution in [2.75, 3.05) is 6.61 Å². The van der Waals surface area contributed by atoms with Crippen molar-refractivity contribution in [1.82, 2.24) is 9.78 Å². The molecular weight excluding hydrogens is 276 g/mol. The Morgan fingerprint density at radius 3 is 2.75 bits per heavy atom. The molecule has 5 heteroatoms. The van der Waals surface area contributed by atoms with Crippen molar-refractivity contribution in [3.8, 4) is 0 Å². The van der Waals surface area contributed by atoms with E-state index in [0.29, 0.717) is 5.02 Å². The fraction of sp³-hybridized carbons (Fsp3) is 0.333. The number of carbonyl (C=O) groups excluding carboxylic acids is 1. The van der Waals surface area contributed by atoms with E-state index in [-0.39, 0.29) is 23.5 Å². The molecule has 1 saturated carbocycles. The number of ketones is 1. The summed E-state index contributed by atoms with van der Waals surface area (Å²) in [6.07, 6.45) is 3.71. The number of aliphatic hydroxyl groups excluding tert-OH is 1. The molecule has 0 unspecified atom stereocenters. The largest absolute Gasteiger partial charge is 0.389 e. The lowest BCUT2D eigenvalue weighted by molar-refractivity contribution is -0.123. The predicted molar refractivity (Wildman–Crippen MR) is 75.7 cm³/mol. The number of benzene rings is 1. The van der Waals surface area contributed by atoms with Gasteiger partial charge in [0.2, 0.25) is 0 Å². The molecule has 3 rings (SSSR count). The average molecular weight is 291 g/mol. The number of hydrogen-bond donors (Lipinski definition) is 1. The monoisotopic (exact) mass is 290 g/mol. The minimum absolute atomic E-state index is 0.0811. The molecule has 1 aromatic carbocycles. The van der Waals surface area contributed by atoms with Crippen LogP contribution in [0.25, 0.3) is 0 Å². The summed E-state index contributed by atoms with van der Waals surface area (Å²) in [6, 6.07) is 7.57. The lowest BCUT2D eigenvalue weighted by atomic mass is 10.1. The van der Waals surface area contributed by atoms with Gasteiger partial charge in [-0.1, -0.05) is 23.7 Å². The minimum Gasteiger partial charge on any atom is -0.389 e. The van der Waals surface area contributed by atoms with Crippen molar-refractivity contribution in [3.05, 3.63) is 52.8 Å². The van der Waals surface area contributed by atoms with Gasteiger partial charge in [-0.05, 0) is 23.3 Å². The number of carbonyl (C=O) groups is 1. The van der Waals surface area contributed by atoms with E-state index in [4.69, 9.17) is 16.7 Å². The van der Waals surface area contributed by atoms with Gasteiger partial charge in [0.1, 0.15) is 6.61 Å². The zero-order chi connectivity index (χ0) is 14.3. The Kier molecular flexibility index (Phi) is 3.36. The third-order valence-corrected chi connectivity index (χ3v) is 4.13. The van der Waals surface area contributed by atoms with E-state index in [0.717, 1.165) is 11.1 Å². The van der Waals surface area contributed by atoms with Crippen molar-refractivity contribution in [3.63, 3.8) is 0 Å². The SMILES string of the molecule is Cn1cc([C@H]2[C@H](C(=O)CO)[C@@H]2c2cccc(Cl)c2)cn1. The molecule has 1 aliphatic rings. The number of aromatic nitrogens is 2. The first-order valence-corrected chi connectivity index (χ1v) is 6.87. The van der Waals surface area contributed by atoms with Crippen LogP contribution in [-0.2, 0) is 11.8 Å². The van der Waals surface area contributed by atoms with Crippen molar-refractivity contribution in [2.24, 2.45) is 13.0 Å². The summed E-state index contributed by atoms with van der Waals surface area (Å²) in [6.45, 7) is -0.418. The van der Waals surface area contributed by atoms with Crippen molar-refractivity contribution < 1.29 is 9.90 Å². The number of halogens is 1. The van der Waals surface area contributed by atoms with E-state index in [9.17, 15) is 4.79 Å². The van der Waals surface area contributed by atoms with Gasteiger partial charge in [0, 0.05) is 36.0 Å². The summed E-state index contributed by atoms with van der Waals surface area (Å²) < 4.78 is 1.73. The summed E-state index contributed by atoms with van der Waals surface area (Å²) in [5, 5.41) is 14.0. The van der Waals surface area contributed by atoms with E-state index >= 15 is 0 Å². The number of nitrogens with zero attached hydrogens (tertiary/aromatic N) is 2. The number of rotatable bonds is 4. The highest BCUT2D eigenvalue weighted by Crippen LogP contribution is 2.60. The van der Waals surface area contributed by atoms with E-state index in [1.54, 1.807) is 10.9 Å². The fourth-order valence-electron chi connectivity index (χ4n) is 2.97. The second kappa shape index (κ2) is 5.04. The Labute approximate surface area is 122 Å². The van der Waals surface area contributed by atoms with Gasteiger partial charge in [-0.15, -0.1) is 0 Å². The van der Waals surface area contributed by atoms with Gasteiger partial charge >= 0.3 is 0 Å². The van der Waals surface area contributed by atoms with Crippen LogP contribution in [0.3, 0.4) is 0 Å². The fourth-order valence-corrected chi connectivity index (χ4v) is 3.17.